The molecule has 1 aromatic carbocycles. The van der Waals surface area contributed by atoms with Crippen molar-refractivity contribution in [1.82, 2.24) is 10.2 Å². The molecule has 0 saturated carbocycles. The van der Waals surface area contributed by atoms with Crippen molar-refractivity contribution in [2.45, 2.75) is 0 Å². The fraction of sp³-hybridized carbons (Fsp3) is 0.167. The van der Waals surface area contributed by atoms with Gasteiger partial charge < -0.3 is 9.64 Å². The summed E-state index contributed by atoms with van der Waals surface area (Å²) in [6.07, 6.45) is 0. The SMILES string of the molecule is CN(C)c1cccc(Oc2cc(Cl)nnc2Cl)c1. The van der Waals surface area contributed by atoms with Crippen molar-refractivity contribution in [3.8, 4) is 11.5 Å². The molecule has 0 bridgehead atoms. The van der Waals surface area contributed by atoms with Gasteiger partial charge in [-0.15, -0.1) is 10.2 Å². The van der Waals surface area contributed by atoms with Gasteiger partial charge in [-0.1, -0.05) is 29.3 Å². The summed E-state index contributed by atoms with van der Waals surface area (Å²) in [6.45, 7) is 0. The minimum Gasteiger partial charge on any atom is -0.454 e. The molecule has 94 valence electrons. The van der Waals surface area contributed by atoms with E-state index in [4.69, 9.17) is 27.9 Å². The van der Waals surface area contributed by atoms with Gasteiger partial charge in [-0.25, -0.2) is 0 Å². The summed E-state index contributed by atoms with van der Waals surface area (Å²) >= 11 is 11.6. The number of aromatic nitrogens is 2. The Kier molecular flexibility index (Phi) is 3.89. The number of ether oxygens (including phenoxy) is 1. The van der Waals surface area contributed by atoms with E-state index in [1.807, 2.05) is 43.3 Å². The number of hydrogen-bond acceptors (Lipinski definition) is 4. The Labute approximate surface area is 115 Å². The van der Waals surface area contributed by atoms with Gasteiger partial charge in [0.1, 0.15) is 5.75 Å². The number of rotatable bonds is 3. The van der Waals surface area contributed by atoms with Gasteiger partial charge in [0.15, 0.2) is 16.1 Å². The number of hydrogen-bond donors (Lipinski definition) is 0. The Morgan fingerprint density at radius 3 is 2.61 bits per heavy atom. The maximum atomic E-state index is 5.88. The van der Waals surface area contributed by atoms with Crippen LogP contribution >= 0.6 is 23.2 Å². The third kappa shape index (κ3) is 3.03. The molecular formula is C12H11Cl2N3O. The van der Waals surface area contributed by atoms with Gasteiger partial charge in [0, 0.05) is 31.9 Å². The lowest BCUT2D eigenvalue weighted by molar-refractivity contribution is 0.479. The Hall–Kier alpha value is -1.52. The molecule has 0 amide bonds. The maximum absolute atomic E-state index is 5.88. The highest BCUT2D eigenvalue weighted by Gasteiger charge is 2.07. The number of benzene rings is 1. The predicted molar refractivity (Wildman–Crippen MR) is 72.9 cm³/mol. The topological polar surface area (TPSA) is 38.2 Å². The second-order valence-corrected chi connectivity index (χ2v) is 4.56. The first kappa shape index (κ1) is 12.9. The molecule has 0 fully saturated rings. The highest BCUT2D eigenvalue weighted by molar-refractivity contribution is 6.32. The van der Waals surface area contributed by atoms with Crippen molar-refractivity contribution in [3.05, 3.63) is 40.6 Å². The van der Waals surface area contributed by atoms with Crippen molar-refractivity contribution in [2.75, 3.05) is 19.0 Å². The molecule has 0 unspecified atom stereocenters. The van der Waals surface area contributed by atoms with Gasteiger partial charge >= 0.3 is 0 Å². The molecule has 0 aliphatic carbocycles. The first-order valence-electron chi connectivity index (χ1n) is 5.20. The molecule has 1 heterocycles. The molecule has 0 saturated heterocycles. The van der Waals surface area contributed by atoms with Crippen molar-refractivity contribution in [2.24, 2.45) is 0 Å². The summed E-state index contributed by atoms with van der Waals surface area (Å²) in [6, 6.07) is 9.13. The van der Waals surface area contributed by atoms with Crippen molar-refractivity contribution in [3.63, 3.8) is 0 Å². The van der Waals surface area contributed by atoms with Crippen LogP contribution in [0.4, 0.5) is 5.69 Å². The Bertz CT molecular complexity index is 561. The van der Waals surface area contributed by atoms with Gasteiger partial charge in [-0.05, 0) is 12.1 Å². The number of nitrogens with zero attached hydrogens (tertiary/aromatic N) is 3. The lowest BCUT2D eigenvalue weighted by Gasteiger charge is -2.14. The summed E-state index contributed by atoms with van der Waals surface area (Å²) in [7, 11) is 3.91. The summed E-state index contributed by atoms with van der Waals surface area (Å²) in [5.41, 5.74) is 1.02. The molecule has 0 aliphatic rings. The van der Waals surface area contributed by atoms with E-state index in [1.165, 1.54) is 6.07 Å². The molecule has 0 aliphatic heterocycles. The molecular weight excluding hydrogens is 273 g/mol. The van der Waals surface area contributed by atoms with E-state index in [0.29, 0.717) is 11.5 Å². The fourth-order valence-corrected chi connectivity index (χ4v) is 1.63. The van der Waals surface area contributed by atoms with Crippen LogP contribution in [0.3, 0.4) is 0 Å². The zero-order valence-corrected chi connectivity index (χ0v) is 11.4. The van der Waals surface area contributed by atoms with Crippen molar-refractivity contribution >= 4 is 28.9 Å². The molecule has 18 heavy (non-hydrogen) atoms. The normalized spacial score (nSPS) is 10.2. The molecule has 0 radical (unpaired) electrons. The fourth-order valence-electron chi connectivity index (χ4n) is 1.36. The van der Waals surface area contributed by atoms with Crippen molar-refractivity contribution in [1.29, 1.82) is 0 Å². The summed E-state index contributed by atoms with van der Waals surface area (Å²) in [5, 5.41) is 7.71. The first-order chi connectivity index (χ1) is 8.56. The molecule has 2 aromatic rings. The molecule has 0 spiro atoms. The monoisotopic (exact) mass is 283 g/mol. The van der Waals surface area contributed by atoms with Crippen LogP contribution < -0.4 is 9.64 Å². The zero-order valence-electron chi connectivity index (χ0n) is 9.89. The van der Waals surface area contributed by atoms with E-state index in [2.05, 4.69) is 10.2 Å². The number of anilines is 1. The van der Waals surface area contributed by atoms with E-state index in [9.17, 15) is 0 Å². The lowest BCUT2D eigenvalue weighted by Crippen LogP contribution is -2.08. The molecule has 4 nitrogen and oxygen atoms in total. The van der Waals surface area contributed by atoms with Gasteiger partial charge in [-0.2, -0.15) is 0 Å². The van der Waals surface area contributed by atoms with Gasteiger partial charge in [-0.3, -0.25) is 0 Å². The van der Waals surface area contributed by atoms with E-state index in [0.717, 1.165) is 5.69 Å². The Morgan fingerprint density at radius 2 is 1.89 bits per heavy atom. The molecule has 1 aromatic heterocycles. The molecule has 2 rings (SSSR count). The smallest absolute Gasteiger partial charge is 0.194 e. The Balaban J connectivity index is 2.28. The maximum Gasteiger partial charge on any atom is 0.194 e. The van der Waals surface area contributed by atoms with Gasteiger partial charge in [0.25, 0.3) is 0 Å². The highest BCUT2D eigenvalue weighted by atomic mass is 35.5. The standard InChI is InChI=1S/C12H11Cl2N3O/c1-17(2)8-4-3-5-9(6-8)18-10-7-11(13)15-16-12(10)14/h3-7H,1-2H3. The number of halogens is 2. The van der Waals surface area contributed by atoms with Crippen LogP contribution in [0.15, 0.2) is 30.3 Å². The van der Waals surface area contributed by atoms with Crippen LogP contribution in [0.1, 0.15) is 0 Å². The van der Waals surface area contributed by atoms with Crippen LogP contribution in [-0.2, 0) is 0 Å². The van der Waals surface area contributed by atoms with Crippen LogP contribution in [-0.4, -0.2) is 24.3 Å². The third-order valence-corrected chi connectivity index (χ3v) is 2.70. The average Bonchev–Trinajstić information content (AvgIpc) is 2.34. The highest BCUT2D eigenvalue weighted by Crippen LogP contribution is 2.30. The van der Waals surface area contributed by atoms with Gasteiger partial charge in [0.2, 0.25) is 0 Å². The van der Waals surface area contributed by atoms with Gasteiger partial charge in [0.05, 0.1) is 0 Å². The molecule has 0 N–H and O–H groups in total. The minimum absolute atomic E-state index is 0.176. The quantitative estimate of drug-likeness (QED) is 0.862. The summed E-state index contributed by atoms with van der Waals surface area (Å²) in [4.78, 5) is 1.98. The van der Waals surface area contributed by atoms with Crippen LogP contribution in [0.2, 0.25) is 10.3 Å². The van der Waals surface area contributed by atoms with Crippen molar-refractivity contribution < 1.29 is 4.74 Å². The minimum atomic E-state index is 0.176. The van der Waals surface area contributed by atoms with Crippen LogP contribution in [0.25, 0.3) is 0 Å². The van der Waals surface area contributed by atoms with Crippen LogP contribution in [0, 0.1) is 0 Å². The first-order valence-corrected chi connectivity index (χ1v) is 5.96. The largest absolute Gasteiger partial charge is 0.454 e. The van der Waals surface area contributed by atoms with E-state index in [-0.39, 0.29) is 10.3 Å². The second-order valence-electron chi connectivity index (χ2n) is 3.82. The van der Waals surface area contributed by atoms with E-state index >= 15 is 0 Å². The summed E-state index contributed by atoms with van der Waals surface area (Å²) in [5.74, 6) is 1.04. The lowest BCUT2D eigenvalue weighted by atomic mass is 10.3. The predicted octanol–water partition coefficient (Wildman–Crippen LogP) is 3.64. The Morgan fingerprint density at radius 1 is 1.11 bits per heavy atom. The molecule has 6 heteroatoms. The zero-order chi connectivity index (χ0) is 13.1. The summed E-state index contributed by atoms with van der Waals surface area (Å²) < 4.78 is 5.64. The average molecular weight is 284 g/mol. The van der Waals surface area contributed by atoms with Crippen LogP contribution in [0.5, 0.6) is 11.5 Å². The second kappa shape index (κ2) is 5.42. The van der Waals surface area contributed by atoms with E-state index in [1.54, 1.807) is 0 Å². The third-order valence-electron chi connectivity index (χ3n) is 2.25. The molecule has 0 atom stereocenters. The van der Waals surface area contributed by atoms with E-state index < -0.39 is 0 Å².